The van der Waals surface area contributed by atoms with E-state index in [-0.39, 0.29) is 23.5 Å². The van der Waals surface area contributed by atoms with Crippen molar-refractivity contribution >= 4 is 67.2 Å². The van der Waals surface area contributed by atoms with Crippen molar-refractivity contribution in [3.63, 3.8) is 0 Å². The van der Waals surface area contributed by atoms with E-state index >= 15 is 0 Å². The quantitative estimate of drug-likeness (QED) is 0.0505. The van der Waals surface area contributed by atoms with Gasteiger partial charge in [0.15, 0.2) is 0 Å². The van der Waals surface area contributed by atoms with Gasteiger partial charge in [0, 0.05) is 210 Å². The summed E-state index contributed by atoms with van der Waals surface area (Å²) in [7, 11) is 0. The minimum absolute atomic E-state index is 0.131. The van der Waals surface area contributed by atoms with Crippen LogP contribution in [0.1, 0.15) is 126 Å². The second-order valence-electron chi connectivity index (χ2n) is 35.6. The number of nitrogens with zero attached hydrogens (tertiary/aromatic N) is 13. The molecule has 0 spiro atoms. The van der Waals surface area contributed by atoms with E-state index < -0.39 is 0 Å². The number of amides is 4. The summed E-state index contributed by atoms with van der Waals surface area (Å²) in [4.78, 5) is 58.8. The van der Waals surface area contributed by atoms with Crippen LogP contribution in [0.15, 0.2) is 250 Å². The zero-order valence-electron chi connectivity index (χ0n) is 74.2. The molecule has 8 aromatic heterocycles. The smallest absolute Gasteiger partial charge is 0.253 e. The lowest BCUT2D eigenvalue weighted by atomic mass is 9.96. The number of nitrogens with one attached hydrogen (secondary N) is 4. The molecule has 21 nitrogen and oxygen atoms in total. The summed E-state index contributed by atoms with van der Waals surface area (Å²) in [5.74, 6) is 2.98. The highest BCUT2D eigenvalue weighted by Gasteiger charge is 2.30. The molecule has 8 aromatic carbocycles. The Bertz CT molecular complexity index is 6390. The average Bonchev–Trinajstić information content (AvgIpc) is 1.65. The topological polar surface area (TPSA) is 229 Å². The van der Waals surface area contributed by atoms with E-state index in [1.807, 2.05) is 114 Å². The number of fused-ring (bicyclic) bond motifs is 4. The molecule has 4 aliphatic heterocycles. The van der Waals surface area contributed by atoms with Gasteiger partial charge in [-0.3, -0.25) is 34.5 Å². The molecule has 4 fully saturated rings. The summed E-state index contributed by atoms with van der Waals surface area (Å²) in [5.41, 5.74) is 24.0. The van der Waals surface area contributed by atoms with E-state index in [1.54, 1.807) is 18.3 Å². The number of H-pyrrole nitrogens is 4. The molecule has 4 N–H and O–H groups in total. The number of aryl methyl sites for hydroxylation is 8. The summed E-state index contributed by atoms with van der Waals surface area (Å²) in [6, 6.07) is 72.4. The van der Waals surface area contributed by atoms with Gasteiger partial charge in [-0.2, -0.15) is 30.7 Å². The molecule has 22 heteroatoms. The first-order chi connectivity index (χ1) is 62.5. The largest absolute Gasteiger partial charge is 0.345 e. The Balaban J connectivity index is 0.000000120. The lowest BCUT2D eigenvalue weighted by Gasteiger charge is -2.32. The molecule has 0 unspecified atom stereocenters. The number of piperidine rings is 4. The average molecular weight is 1710 g/mol. The number of rotatable bonds is 22. The Morgan fingerprint density at radius 1 is 0.359 bits per heavy atom. The van der Waals surface area contributed by atoms with Crippen molar-refractivity contribution in [3.05, 3.63) is 306 Å². The number of carbonyl (C=O) groups is 4. The van der Waals surface area contributed by atoms with Gasteiger partial charge >= 0.3 is 0 Å². The summed E-state index contributed by atoms with van der Waals surface area (Å²) in [5, 5.41) is 36.9. The van der Waals surface area contributed by atoms with Crippen LogP contribution < -0.4 is 0 Å². The molecular weight excluding hydrogens is 1590 g/mol. The third-order valence-corrected chi connectivity index (χ3v) is 27.0. The first-order valence-electron chi connectivity index (χ1n) is 45.8. The first-order valence-corrected chi connectivity index (χ1v) is 45.8. The van der Waals surface area contributed by atoms with Crippen molar-refractivity contribution in [2.75, 3.05) is 52.4 Å². The number of likely N-dealkylation sites (tertiary alicyclic amines) is 4. The van der Waals surface area contributed by atoms with Gasteiger partial charge in [0.1, 0.15) is 11.5 Å². The van der Waals surface area contributed by atoms with Crippen molar-refractivity contribution in [3.8, 4) is 44.6 Å². The van der Waals surface area contributed by atoms with E-state index in [9.17, 15) is 23.6 Å². The summed E-state index contributed by atoms with van der Waals surface area (Å²) in [6.07, 6.45) is 23.2. The van der Waals surface area contributed by atoms with Crippen LogP contribution in [-0.4, -0.2) is 160 Å². The molecule has 4 saturated heterocycles. The predicted octanol–water partition coefficient (Wildman–Crippen LogP) is 20.4. The van der Waals surface area contributed by atoms with Crippen LogP contribution in [0.4, 0.5) is 4.39 Å². The van der Waals surface area contributed by atoms with E-state index in [4.69, 9.17) is 0 Å². The van der Waals surface area contributed by atoms with Crippen molar-refractivity contribution in [2.45, 2.75) is 151 Å². The molecule has 0 aliphatic carbocycles. The molecule has 4 aliphatic rings. The molecule has 656 valence electrons. The highest BCUT2D eigenvalue weighted by atomic mass is 19.1. The van der Waals surface area contributed by atoms with Crippen molar-refractivity contribution < 1.29 is 23.6 Å². The van der Waals surface area contributed by atoms with Gasteiger partial charge in [-0.15, -0.1) is 0 Å². The summed E-state index contributed by atoms with van der Waals surface area (Å²) in [6.45, 7) is 21.5. The molecule has 128 heavy (non-hydrogen) atoms. The Morgan fingerprint density at radius 3 is 1.11 bits per heavy atom. The van der Waals surface area contributed by atoms with Gasteiger partial charge in [0.2, 0.25) is 17.7 Å². The zero-order chi connectivity index (χ0) is 88.0. The fourth-order valence-corrected chi connectivity index (χ4v) is 19.5. The second kappa shape index (κ2) is 40.4. The van der Waals surface area contributed by atoms with Crippen LogP contribution in [0.5, 0.6) is 0 Å². The Morgan fingerprint density at radius 2 is 0.727 bits per heavy atom. The first kappa shape index (κ1) is 86.6. The minimum atomic E-state index is -0.227. The van der Waals surface area contributed by atoms with Crippen LogP contribution in [0.2, 0.25) is 0 Å². The molecule has 0 bridgehead atoms. The van der Waals surface area contributed by atoms with Gasteiger partial charge in [0.25, 0.3) is 5.91 Å². The van der Waals surface area contributed by atoms with Crippen LogP contribution in [0, 0.1) is 64.1 Å². The molecule has 0 saturated carbocycles. The zero-order valence-corrected chi connectivity index (χ0v) is 74.2. The van der Waals surface area contributed by atoms with Crippen molar-refractivity contribution in [1.29, 1.82) is 0 Å². The van der Waals surface area contributed by atoms with Crippen molar-refractivity contribution in [1.82, 2.24) is 83.9 Å². The van der Waals surface area contributed by atoms with E-state index in [0.717, 1.165) is 188 Å². The number of carbonyl (C=O) groups excluding carboxylic acids is 4. The molecule has 20 rings (SSSR count). The van der Waals surface area contributed by atoms with Gasteiger partial charge in [0.05, 0.1) is 24.8 Å². The highest BCUT2D eigenvalue weighted by Crippen LogP contribution is 2.36. The maximum Gasteiger partial charge on any atom is 0.253 e. The van der Waals surface area contributed by atoms with Gasteiger partial charge < -0.3 is 37.9 Å². The fraction of sp³-hybridized carbons (Fsp3) is 0.330. The lowest BCUT2D eigenvalue weighted by molar-refractivity contribution is -0.133. The van der Waals surface area contributed by atoms with Crippen molar-refractivity contribution in [2.24, 2.45) is 23.7 Å². The molecule has 0 radical (unpaired) electrons. The van der Waals surface area contributed by atoms with Crippen LogP contribution in [-0.2, 0) is 59.8 Å². The van der Waals surface area contributed by atoms with Gasteiger partial charge in [-0.25, -0.2) is 4.39 Å². The van der Waals surface area contributed by atoms with Crippen LogP contribution in [0.3, 0.4) is 0 Å². The number of hydrogen-bond donors (Lipinski definition) is 4. The van der Waals surface area contributed by atoms with E-state index in [2.05, 4.69) is 230 Å². The monoisotopic (exact) mass is 1710 g/mol. The molecule has 0 atom stereocenters. The maximum atomic E-state index is 13.8. The fourth-order valence-electron chi connectivity index (χ4n) is 19.5. The Kier molecular flexibility index (Phi) is 27.4. The number of benzene rings is 8. The lowest BCUT2D eigenvalue weighted by Crippen LogP contribution is -2.39. The number of halogens is 1. The van der Waals surface area contributed by atoms with E-state index in [1.165, 1.54) is 94.7 Å². The number of aromatic nitrogens is 13. The highest BCUT2D eigenvalue weighted by molar-refractivity contribution is 5.94. The minimum Gasteiger partial charge on any atom is -0.345 e. The number of aromatic amines is 4. The van der Waals surface area contributed by atoms with Crippen LogP contribution in [0.25, 0.3) is 88.2 Å². The molecule has 4 amide bonds. The number of hydrogen-bond acceptors (Lipinski definition) is 9. The van der Waals surface area contributed by atoms with Gasteiger partial charge in [-0.05, 0) is 253 Å². The predicted molar refractivity (Wildman–Crippen MR) is 507 cm³/mol. The maximum absolute atomic E-state index is 13.8. The summed E-state index contributed by atoms with van der Waals surface area (Å²) < 4.78 is 23.6. The molecule has 16 aromatic rings. The second-order valence-corrected chi connectivity index (χ2v) is 35.6. The molecular formula is C106H116FN17O4. The third kappa shape index (κ3) is 20.8. The van der Waals surface area contributed by atoms with E-state index in [0.29, 0.717) is 60.8 Å². The molecule has 12 heterocycles. The standard InChI is InChI=1S/C28H32N4O.C27H29FN4O.C26H29N5O.C25H26N4O/c1-20-16-25-17-24(26-18-29-30-21(26)2)9-10-27(25)32(20)19-23-12-14-31(15-13-23)28(33)11-8-22-6-4-3-5-7-22;1-19-14-23-15-22(24-16-29-30-17-24)6-8-26(23)32(19)18-20-10-12-31(13-11-20)27(33)9-7-21-4-2-3-5-25(21)28;1-19-15-23-16-22(24-17-27-29-28-24)8-9-25(23)31(19)18-21-11-13-30(14-12-21)26(32)10-7-20-5-3-2-4-6-20;1-18-13-22-14-21(23-15-26-27-16-23)7-8-24(22)29(18)17-19-9-11-28(12-10-19)25(30)20-5-3-2-4-6-20/h3-7,9-10,16-18,23H,8,11-15,19H2,1-2H3,(H,29,30);2-6,8,14-17,20H,7,9-13,18H2,1H3,(H,29,30);2-6,8-9,15-17,21H,7,10-14,18H2,1H3,(H,27,28,29);2-8,13-16,19H,9-12,17H2,1H3,(H,26,27). The SMILES string of the molecule is Cc1[nH]ncc1-c1ccc2c(c1)cc(C)n2CC1CCN(C(=O)CCc2ccccc2)CC1.Cc1cc2cc(-c3cn[nH]c3)ccc2n1CC1CCN(C(=O)CCc2ccccc2F)CC1.Cc1cc2cc(-c3cn[nH]c3)ccc2n1CC1CCN(C(=O)c2ccccc2)CC1.Cc1cc2cc(-c3cn[nH]n3)ccc2n1CC1CCN(C(=O)CCc2ccccc2)CC1. The third-order valence-electron chi connectivity index (χ3n) is 27.0. The Hall–Kier alpha value is -13.5. The Labute approximate surface area is 747 Å². The van der Waals surface area contributed by atoms with Crippen LogP contribution >= 0.6 is 0 Å². The summed E-state index contributed by atoms with van der Waals surface area (Å²) >= 11 is 0. The van der Waals surface area contributed by atoms with Gasteiger partial charge in [-0.1, -0.05) is 121 Å². The normalized spacial score (nSPS) is 14.9.